The highest BCUT2D eigenvalue weighted by Gasteiger charge is 2.26. The van der Waals surface area contributed by atoms with Crippen molar-refractivity contribution in [1.82, 2.24) is 14.5 Å². The average Bonchev–Trinajstić information content (AvgIpc) is 2.85. The molecular weight excluding hydrogens is 448 g/mol. The summed E-state index contributed by atoms with van der Waals surface area (Å²) in [6.45, 7) is 7.14. The van der Waals surface area contributed by atoms with E-state index in [2.05, 4.69) is 30.8 Å². The van der Waals surface area contributed by atoms with Gasteiger partial charge in [-0.05, 0) is 43.5 Å². The number of piperidine rings is 1. The number of aryl methyl sites for hydroxylation is 1. The summed E-state index contributed by atoms with van der Waals surface area (Å²) in [5.41, 5.74) is 8.55. The Labute approximate surface area is 202 Å². The van der Waals surface area contributed by atoms with E-state index in [1.165, 1.54) is 17.3 Å². The summed E-state index contributed by atoms with van der Waals surface area (Å²) >= 11 is 1.49. The van der Waals surface area contributed by atoms with Crippen LogP contribution in [0.4, 0.5) is 0 Å². The first-order valence-corrected chi connectivity index (χ1v) is 12.3. The summed E-state index contributed by atoms with van der Waals surface area (Å²) in [6.07, 6.45) is 2.82. The van der Waals surface area contributed by atoms with E-state index < -0.39 is 0 Å². The lowest BCUT2D eigenvalue weighted by Gasteiger charge is -2.30. The highest BCUT2D eigenvalue weighted by atomic mass is 32.2. The van der Waals surface area contributed by atoms with Gasteiger partial charge in [0.25, 0.3) is 11.5 Å². The number of thioether (sulfide) groups is 1. The summed E-state index contributed by atoms with van der Waals surface area (Å²) in [6, 6.07) is 13.3. The number of benzene rings is 2. The zero-order valence-electron chi connectivity index (χ0n) is 19.2. The zero-order valence-corrected chi connectivity index (χ0v) is 20.0. The Balaban J connectivity index is 1.62. The van der Waals surface area contributed by atoms with Crippen LogP contribution in [0, 0.1) is 12.8 Å². The molecule has 4 rings (SSSR count). The van der Waals surface area contributed by atoms with Crippen molar-refractivity contribution in [2.45, 2.75) is 37.2 Å². The third-order valence-corrected chi connectivity index (χ3v) is 7.20. The Morgan fingerprint density at radius 3 is 2.53 bits per heavy atom. The molecule has 2 heterocycles. The fourth-order valence-electron chi connectivity index (χ4n) is 4.12. The predicted molar refractivity (Wildman–Crippen MR) is 135 cm³/mol. The summed E-state index contributed by atoms with van der Waals surface area (Å²) in [5.74, 6) is 0.0472. The summed E-state index contributed by atoms with van der Waals surface area (Å²) < 4.78 is 1.62. The second-order valence-corrected chi connectivity index (χ2v) is 9.52. The van der Waals surface area contributed by atoms with E-state index >= 15 is 0 Å². The Morgan fingerprint density at radius 2 is 1.88 bits per heavy atom. The van der Waals surface area contributed by atoms with Gasteiger partial charge in [0.05, 0.1) is 10.9 Å². The maximum absolute atomic E-state index is 13.2. The third-order valence-electron chi connectivity index (χ3n) is 6.15. The molecule has 0 unspecified atom stereocenters. The molecule has 0 bridgehead atoms. The smallest absolute Gasteiger partial charge is 0.262 e. The van der Waals surface area contributed by atoms with Crippen LogP contribution in [0.5, 0.6) is 0 Å². The first-order valence-electron chi connectivity index (χ1n) is 11.3. The number of carbonyl (C=O) groups excluding carboxylic acids is 2. The molecule has 0 spiro atoms. The van der Waals surface area contributed by atoms with E-state index in [9.17, 15) is 14.4 Å². The van der Waals surface area contributed by atoms with Crippen molar-refractivity contribution < 1.29 is 9.59 Å². The van der Waals surface area contributed by atoms with Crippen molar-refractivity contribution in [3.05, 3.63) is 82.2 Å². The van der Waals surface area contributed by atoms with E-state index in [4.69, 9.17) is 10.7 Å². The van der Waals surface area contributed by atoms with Crippen molar-refractivity contribution in [2.75, 3.05) is 13.1 Å². The molecule has 1 aliphatic heterocycles. The zero-order chi connectivity index (χ0) is 24.2. The van der Waals surface area contributed by atoms with Gasteiger partial charge in [0.15, 0.2) is 5.16 Å². The summed E-state index contributed by atoms with van der Waals surface area (Å²) in [5, 5.41) is 1.05. The molecule has 34 heavy (non-hydrogen) atoms. The molecule has 1 aliphatic rings. The molecule has 0 saturated carbocycles. The predicted octanol–water partition coefficient (Wildman–Crippen LogP) is 3.52. The number of fused-ring (bicyclic) bond motifs is 1. The number of likely N-dealkylation sites (tertiary alicyclic amines) is 1. The number of allylic oxidation sites excluding steroid dienone is 1. The molecule has 3 aromatic rings. The van der Waals surface area contributed by atoms with Crippen LogP contribution >= 0.6 is 11.8 Å². The summed E-state index contributed by atoms with van der Waals surface area (Å²) in [7, 11) is 0. The van der Waals surface area contributed by atoms with Crippen LogP contribution in [-0.4, -0.2) is 39.4 Å². The highest BCUT2D eigenvalue weighted by Crippen LogP contribution is 2.24. The number of carbonyl (C=O) groups is 2. The van der Waals surface area contributed by atoms with Gasteiger partial charge in [0.2, 0.25) is 5.91 Å². The molecule has 1 aromatic heterocycles. The number of primary amides is 1. The number of amides is 2. The van der Waals surface area contributed by atoms with Gasteiger partial charge >= 0.3 is 0 Å². The van der Waals surface area contributed by atoms with Crippen molar-refractivity contribution >= 4 is 34.5 Å². The number of nitrogens with zero attached hydrogens (tertiary/aromatic N) is 3. The molecule has 1 fully saturated rings. The lowest BCUT2D eigenvalue weighted by Crippen LogP contribution is -2.41. The second-order valence-electron chi connectivity index (χ2n) is 8.57. The van der Waals surface area contributed by atoms with Gasteiger partial charge < -0.3 is 10.6 Å². The minimum absolute atomic E-state index is 0.129. The van der Waals surface area contributed by atoms with Crippen LogP contribution in [0.3, 0.4) is 0 Å². The Hall–Kier alpha value is -3.39. The SMILES string of the molecule is C=CCn1c(SCc2ccc(C)cc2)nc2cc(C(=O)N3CCC(C(N)=O)CC3)ccc2c1=O. The van der Waals surface area contributed by atoms with E-state index in [-0.39, 0.29) is 23.3 Å². The van der Waals surface area contributed by atoms with Gasteiger partial charge in [0, 0.05) is 36.9 Å². The maximum Gasteiger partial charge on any atom is 0.262 e. The lowest BCUT2D eigenvalue weighted by atomic mass is 9.96. The van der Waals surface area contributed by atoms with Gasteiger partial charge in [-0.2, -0.15) is 0 Å². The number of aromatic nitrogens is 2. The van der Waals surface area contributed by atoms with Crippen LogP contribution in [-0.2, 0) is 17.1 Å². The number of rotatable bonds is 7. The highest BCUT2D eigenvalue weighted by molar-refractivity contribution is 7.98. The number of hydrogen-bond acceptors (Lipinski definition) is 5. The second kappa shape index (κ2) is 10.3. The molecule has 0 atom stereocenters. The Kier molecular flexibility index (Phi) is 7.17. The molecular formula is C26H28N4O3S. The number of hydrogen-bond donors (Lipinski definition) is 1. The standard InChI is InChI=1S/C26H28N4O3S/c1-3-12-30-25(33)21-9-8-20(24(32)29-13-10-19(11-14-29)23(27)31)15-22(21)28-26(30)34-16-18-6-4-17(2)5-7-18/h3-9,15,19H,1,10-14,16H2,2H3,(H2,27,31). The largest absolute Gasteiger partial charge is 0.369 e. The van der Waals surface area contributed by atoms with Crippen molar-refractivity contribution in [3.8, 4) is 0 Å². The quantitative estimate of drug-likeness (QED) is 0.320. The molecule has 2 aromatic carbocycles. The molecule has 7 nitrogen and oxygen atoms in total. The minimum Gasteiger partial charge on any atom is -0.369 e. The van der Waals surface area contributed by atoms with Gasteiger partial charge in [0.1, 0.15) is 0 Å². The van der Waals surface area contributed by atoms with E-state index in [1.807, 2.05) is 6.92 Å². The first-order chi connectivity index (χ1) is 16.4. The molecule has 2 N–H and O–H groups in total. The van der Waals surface area contributed by atoms with Crippen LogP contribution in [0.1, 0.15) is 34.3 Å². The first kappa shape index (κ1) is 23.8. The van der Waals surface area contributed by atoms with Crippen LogP contribution in [0.25, 0.3) is 10.9 Å². The topological polar surface area (TPSA) is 98.3 Å². The molecule has 0 radical (unpaired) electrons. The minimum atomic E-state index is -0.312. The Bertz CT molecular complexity index is 1290. The van der Waals surface area contributed by atoms with Gasteiger partial charge in [-0.25, -0.2) is 4.98 Å². The monoisotopic (exact) mass is 476 g/mol. The van der Waals surface area contributed by atoms with Gasteiger partial charge in [-0.15, -0.1) is 6.58 Å². The number of nitrogens with two attached hydrogens (primary N) is 1. The van der Waals surface area contributed by atoms with Crippen LogP contribution in [0.15, 0.2) is 65.1 Å². The molecule has 1 saturated heterocycles. The van der Waals surface area contributed by atoms with E-state index in [0.717, 1.165) is 5.56 Å². The van der Waals surface area contributed by atoms with Gasteiger partial charge in [-0.1, -0.05) is 47.7 Å². The van der Waals surface area contributed by atoms with Crippen LogP contribution < -0.4 is 11.3 Å². The molecule has 2 amide bonds. The van der Waals surface area contributed by atoms with E-state index in [0.29, 0.717) is 59.9 Å². The van der Waals surface area contributed by atoms with Crippen molar-refractivity contribution in [1.29, 1.82) is 0 Å². The van der Waals surface area contributed by atoms with Crippen molar-refractivity contribution in [3.63, 3.8) is 0 Å². The van der Waals surface area contributed by atoms with Crippen LogP contribution in [0.2, 0.25) is 0 Å². The van der Waals surface area contributed by atoms with Crippen molar-refractivity contribution in [2.24, 2.45) is 11.7 Å². The average molecular weight is 477 g/mol. The lowest BCUT2D eigenvalue weighted by molar-refractivity contribution is -0.123. The summed E-state index contributed by atoms with van der Waals surface area (Å²) in [4.78, 5) is 44.2. The molecule has 0 aliphatic carbocycles. The third kappa shape index (κ3) is 5.07. The van der Waals surface area contributed by atoms with E-state index in [1.54, 1.807) is 33.7 Å². The normalized spacial score (nSPS) is 14.3. The maximum atomic E-state index is 13.2. The molecule has 176 valence electrons. The molecule has 8 heteroatoms. The fourth-order valence-corrected chi connectivity index (χ4v) is 5.08. The fraction of sp³-hybridized carbons (Fsp3) is 0.308. The Morgan fingerprint density at radius 1 is 1.18 bits per heavy atom. The van der Waals surface area contributed by atoms with Gasteiger partial charge in [-0.3, -0.25) is 19.0 Å².